The fourth-order valence-electron chi connectivity index (χ4n) is 3.43. The van der Waals surface area contributed by atoms with Gasteiger partial charge in [0, 0.05) is 56.7 Å². The van der Waals surface area contributed by atoms with Crippen molar-refractivity contribution >= 4 is 21.4 Å². The summed E-state index contributed by atoms with van der Waals surface area (Å²) < 4.78 is 29.2. The Morgan fingerprint density at radius 3 is 2.29 bits per heavy atom. The first-order valence-corrected chi connectivity index (χ1v) is 11.8. The van der Waals surface area contributed by atoms with E-state index in [9.17, 15) is 23.3 Å². The van der Waals surface area contributed by atoms with E-state index in [4.69, 9.17) is 4.74 Å². The van der Waals surface area contributed by atoms with Gasteiger partial charge in [0.1, 0.15) is 5.75 Å². The first-order chi connectivity index (χ1) is 14.7. The molecule has 31 heavy (non-hydrogen) atoms. The molecule has 1 fully saturated rings. The Bertz CT molecular complexity index is 1060. The van der Waals surface area contributed by atoms with Crippen LogP contribution in [0.3, 0.4) is 0 Å². The molecule has 0 aliphatic carbocycles. The monoisotopic (exact) mass is 447 g/mol. The van der Waals surface area contributed by atoms with Crippen molar-refractivity contribution in [1.82, 2.24) is 9.80 Å². The highest BCUT2D eigenvalue weighted by atomic mass is 32.2. The Kier molecular flexibility index (Phi) is 6.91. The number of benzene rings is 2. The van der Waals surface area contributed by atoms with Crippen molar-refractivity contribution in [3.05, 3.63) is 63.7 Å². The highest BCUT2D eigenvalue weighted by Crippen LogP contribution is 2.23. The zero-order valence-electron chi connectivity index (χ0n) is 17.5. The number of amides is 1. The third-order valence-electron chi connectivity index (χ3n) is 5.08. The summed E-state index contributed by atoms with van der Waals surface area (Å²) in [6.45, 7) is 5.48. The summed E-state index contributed by atoms with van der Waals surface area (Å²) in [5.74, 6) is 0.418. The van der Waals surface area contributed by atoms with Gasteiger partial charge in [0.25, 0.3) is 11.6 Å². The van der Waals surface area contributed by atoms with Crippen LogP contribution in [0.5, 0.6) is 5.75 Å². The maximum atomic E-state index is 12.9. The molecule has 0 spiro atoms. The van der Waals surface area contributed by atoms with Crippen LogP contribution in [0.15, 0.2) is 47.4 Å². The van der Waals surface area contributed by atoms with Gasteiger partial charge in [0.2, 0.25) is 0 Å². The van der Waals surface area contributed by atoms with E-state index in [-0.39, 0.29) is 10.5 Å². The number of nitro benzene ring substituents is 1. The lowest BCUT2D eigenvalue weighted by Gasteiger charge is -2.34. The summed E-state index contributed by atoms with van der Waals surface area (Å²) in [6, 6.07) is 11.2. The highest BCUT2D eigenvalue weighted by molar-refractivity contribution is 7.90. The third-order valence-corrected chi connectivity index (χ3v) is 6.17. The molecule has 3 rings (SSSR count). The van der Waals surface area contributed by atoms with Gasteiger partial charge in [-0.05, 0) is 30.7 Å². The number of hydrogen-bond acceptors (Lipinski definition) is 7. The van der Waals surface area contributed by atoms with Crippen LogP contribution in [0, 0.1) is 10.1 Å². The number of piperazine rings is 1. The second kappa shape index (κ2) is 9.44. The number of carbonyl (C=O) groups is 1. The van der Waals surface area contributed by atoms with E-state index < -0.39 is 26.4 Å². The van der Waals surface area contributed by atoms with Crippen LogP contribution < -0.4 is 4.74 Å². The average molecular weight is 448 g/mol. The SMILES string of the molecule is CCOc1ccc(CN2CCN(C(=O)c3cc([N+](=O)[O-])cc(S(C)(=O)=O)c3)CC2)cc1. The highest BCUT2D eigenvalue weighted by Gasteiger charge is 2.25. The topological polar surface area (TPSA) is 110 Å². The maximum absolute atomic E-state index is 12.9. The van der Waals surface area contributed by atoms with Gasteiger partial charge in [0.15, 0.2) is 9.84 Å². The lowest BCUT2D eigenvalue weighted by atomic mass is 10.1. The Morgan fingerprint density at radius 2 is 1.74 bits per heavy atom. The minimum Gasteiger partial charge on any atom is -0.494 e. The molecule has 1 amide bonds. The molecule has 0 unspecified atom stereocenters. The van der Waals surface area contributed by atoms with Crippen LogP contribution in [-0.2, 0) is 16.4 Å². The van der Waals surface area contributed by atoms with E-state index in [1.165, 1.54) is 6.07 Å². The maximum Gasteiger partial charge on any atom is 0.271 e. The van der Waals surface area contributed by atoms with Gasteiger partial charge >= 0.3 is 0 Å². The van der Waals surface area contributed by atoms with Crippen LogP contribution in [-0.4, -0.2) is 68.1 Å². The summed E-state index contributed by atoms with van der Waals surface area (Å²) in [6.07, 6.45) is 0.958. The molecule has 0 N–H and O–H groups in total. The van der Waals surface area contributed by atoms with Gasteiger partial charge in [-0.2, -0.15) is 0 Å². The minimum absolute atomic E-state index is 0.00888. The zero-order valence-corrected chi connectivity index (χ0v) is 18.3. The zero-order chi connectivity index (χ0) is 22.6. The van der Waals surface area contributed by atoms with Crippen molar-refractivity contribution in [2.45, 2.75) is 18.4 Å². The van der Waals surface area contributed by atoms with Crippen molar-refractivity contribution in [3.8, 4) is 5.75 Å². The van der Waals surface area contributed by atoms with E-state index in [2.05, 4.69) is 4.90 Å². The van der Waals surface area contributed by atoms with Crippen LogP contribution >= 0.6 is 0 Å². The molecule has 0 aromatic heterocycles. The summed E-state index contributed by atoms with van der Waals surface area (Å²) in [4.78, 5) is 27.0. The van der Waals surface area contributed by atoms with E-state index in [1.807, 2.05) is 31.2 Å². The number of non-ortho nitro benzene ring substituents is 1. The molecule has 1 aliphatic rings. The second-order valence-electron chi connectivity index (χ2n) is 7.39. The molecule has 2 aromatic carbocycles. The molecule has 0 atom stereocenters. The van der Waals surface area contributed by atoms with Crippen molar-refractivity contribution in [2.24, 2.45) is 0 Å². The van der Waals surface area contributed by atoms with Crippen LogP contribution in [0.1, 0.15) is 22.8 Å². The molecule has 10 heteroatoms. The van der Waals surface area contributed by atoms with Crippen molar-refractivity contribution in [2.75, 3.05) is 39.0 Å². The standard InChI is InChI=1S/C21H25N3O6S/c1-3-30-19-6-4-16(5-7-19)15-22-8-10-23(11-9-22)21(25)17-12-18(24(26)27)14-20(13-17)31(2,28)29/h4-7,12-14H,3,8-11,15H2,1-2H3. The number of sulfone groups is 1. The van der Waals surface area contributed by atoms with Gasteiger partial charge in [0.05, 0.1) is 16.4 Å². The second-order valence-corrected chi connectivity index (χ2v) is 9.41. The molecular formula is C21H25N3O6S. The summed E-state index contributed by atoms with van der Waals surface area (Å²) in [7, 11) is -3.69. The lowest BCUT2D eigenvalue weighted by molar-refractivity contribution is -0.385. The molecule has 166 valence electrons. The van der Waals surface area contributed by atoms with E-state index in [0.29, 0.717) is 32.8 Å². The molecule has 0 saturated carbocycles. The third kappa shape index (κ3) is 5.80. The molecule has 0 bridgehead atoms. The molecule has 1 aliphatic heterocycles. The first-order valence-electron chi connectivity index (χ1n) is 9.90. The number of hydrogen-bond donors (Lipinski definition) is 0. The Labute approximate surface area is 181 Å². The summed E-state index contributed by atoms with van der Waals surface area (Å²) >= 11 is 0. The number of carbonyl (C=O) groups excluding carboxylic acids is 1. The molecular weight excluding hydrogens is 422 g/mol. The van der Waals surface area contributed by atoms with Gasteiger partial charge in [-0.1, -0.05) is 12.1 Å². The molecule has 9 nitrogen and oxygen atoms in total. The normalized spacial score (nSPS) is 15.0. The Morgan fingerprint density at radius 1 is 1.10 bits per heavy atom. The van der Waals surface area contributed by atoms with Crippen LogP contribution in [0.2, 0.25) is 0 Å². The fraction of sp³-hybridized carbons (Fsp3) is 0.381. The molecule has 2 aromatic rings. The smallest absolute Gasteiger partial charge is 0.271 e. The van der Waals surface area contributed by atoms with Gasteiger partial charge in [-0.25, -0.2) is 8.42 Å². The van der Waals surface area contributed by atoms with Gasteiger partial charge in [-0.15, -0.1) is 0 Å². The fourth-order valence-corrected chi connectivity index (χ4v) is 4.11. The Hall–Kier alpha value is -2.98. The predicted molar refractivity (Wildman–Crippen MR) is 115 cm³/mol. The molecule has 0 radical (unpaired) electrons. The average Bonchev–Trinajstić information content (AvgIpc) is 2.74. The van der Waals surface area contributed by atoms with E-state index in [0.717, 1.165) is 36.2 Å². The number of nitrogens with zero attached hydrogens (tertiary/aromatic N) is 3. The summed E-state index contributed by atoms with van der Waals surface area (Å²) in [5, 5.41) is 11.2. The van der Waals surface area contributed by atoms with Crippen LogP contribution in [0.25, 0.3) is 0 Å². The van der Waals surface area contributed by atoms with E-state index >= 15 is 0 Å². The lowest BCUT2D eigenvalue weighted by Crippen LogP contribution is -2.48. The quantitative estimate of drug-likeness (QED) is 0.473. The van der Waals surface area contributed by atoms with Crippen molar-refractivity contribution in [3.63, 3.8) is 0 Å². The molecule has 1 heterocycles. The van der Waals surface area contributed by atoms with Crippen molar-refractivity contribution in [1.29, 1.82) is 0 Å². The molecule has 1 saturated heterocycles. The van der Waals surface area contributed by atoms with E-state index in [1.54, 1.807) is 4.90 Å². The van der Waals surface area contributed by atoms with Gasteiger partial charge < -0.3 is 9.64 Å². The first kappa shape index (κ1) is 22.7. The van der Waals surface area contributed by atoms with Gasteiger partial charge in [-0.3, -0.25) is 19.8 Å². The van der Waals surface area contributed by atoms with Crippen LogP contribution in [0.4, 0.5) is 5.69 Å². The van der Waals surface area contributed by atoms with Crippen molar-refractivity contribution < 1.29 is 22.9 Å². The Balaban J connectivity index is 1.66. The minimum atomic E-state index is -3.69. The summed E-state index contributed by atoms with van der Waals surface area (Å²) in [5.41, 5.74) is 0.731. The number of nitro groups is 1. The number of rotatable bonds is 7. The number of ether oxygens (including phenoxy) is 1. The predicted octanol–water partition coefficient (Wildman–Crippen LogP) is 2.36. The largest absolute Gasteiger partial charge is 0.494 e.